The quantitative estimate of drug-likeness (QED) is 0.197. The van der Waals surface area contributed by atoms with Gasteiger partial charge in [-0.2, -0.15) is 0 Å². The zero-order valence-corrected chi connectivity index (χ0v) is 19.3. The molecule has 0 rings (SSSR count). The van der Waals surface area contributed by atoms with Crippen LogP contribution in [0.1, 0.15) is 122 Å². The van der Waals surface area contributed by atoms with Crippen LogP contribution in [0.4, 0.5) is 0 Å². The molecule has 0 aliphatic heterocycles. The SMILES string of the molecule is CC(=O)CC[C@H](NC(=O)CCCCCCCCCCCCCCCCC(=O)O)C(=O)O. The number of hydrogen-bond donors (Lipinski definition) is 3. The van der Waals surface area contributed by atoms with Crippen molar-refractivity contribution in [3.8, 4) is 0 Å². The molecule has 0 radical (unpaired) electrons. The Morgan fingerprint density at radius 3 is 1.35 bits per heavy atom. The minimum Gasteiger partial charge on any atom is -0.481 e. The van der Waals surface area contributed by atoms with E-state index in [4.69, 9.17) is 10.2 Å². The van der Waals surface area contributed by atoms with Crippen LogP contribution in [0.3, 0.4) is 0 Å². The maximum absolute atomic E-state index is 11.9. The van der Waals surface area contributed by atoms with Crippen LogP contribution in [-0.2, 0) is 19.2 Å². The van der Waals surface area contributed by atoms with E-state index in [0.717, 1.165) is 38.5 Å². The van der Waals surface area contributed by atoms with E-state index in [-0.39, 0.29) is 24.5 Å². The van der Waals surface area contributed by atoms with E-state index in [1.807, 2.05) is 0 Å². The van der Waals surface area contributed by atoms with Crippen LogP contribution in [0.15, 0.2) is 0 Å². The van der Waals surface area contributed by atoms with Crippen molar-refractivity contribution in [3.63, 3.8) is 0 Å². The number of carboxylic acids is 2. The molecule has 7 heteroatoms. The Hall–Kier alpha value is -1.92. The molecule has 0 aromatic carbocycles. The fourth-order valence-corrected chi connectivity index (χ4v) is 3.55. The highest BCUT2D eigenvalue weighted by atomic mass is 16.4. The molecule has 1 amide bonds. The fraction of sp³-hybridized carbons (Fsp3) is 0.833. The predicted octanol–water partition coefficient (Wildman–Crippen LogP) is 5.25. The Bertz CT molecular complexity index is 520. The highest BCUT2D eigenvalue weighted by Gasteiger charge is 2.19. The van der Waals surface area contributed by atoms with E-state index in [2.05, 4.69) is 5.32 Å². The number of hydrogen-bond acceptors (Lipinski definition) is 4. The van der Waals surface area contributed by atoms with Crippen molar-refractivity contribution in [2.45, 2.75) is 129 Å². The van der Waals surface area contributed by atoms with Gasteiger partial charge in [-0.3, -0.25) is 9.59 Å². The number of nitrogens with one attached hydrogen (secondary N) is 1. The molecule has 0 aromatic rings. The average Bonchev–Trinajstić information content (AvgIpc) is 2.70. The number of Topliss-reactive ketones (excluding diaryl/α,β-unsaturated/α-hetero) is 1. The molecule has 0 saturated heterocycles. The van der Waals surface area contributed by atoms with Gasteiger partial charge >= 0.3 is 11.9 Å². The molecule has 0 aliphatic carbocycles. The van der Waals surface area contributed by atoms with Gasteiger partial charge in [0.05, 0.1) is 0 Å². The van der Waals surface area contributed by atoms with Crippen molar-refractivity contribution in [2.24, 2.45) is 0 Å². The molecule has 3 N–H and O–H groups in total. The lowest BCUT2D eigenvalue weighted by atomic mass is 10.0. The number of carboxylic acid groups (broad SMARTS) is 2. The Morgan fingerprint density at radius 2 is 1.00 bits per heavy atom. The molecule has 0 unspecified atom stereocenters. The molecule has 0 aromatic heterocycles. The molecule has 1 atom stereocenters. The number of ketones is 1. The van der Waals surface area contributed by atoms with Crippen LogP contribution >= 0.6 is 0 Å². The van der Waals surface area contributed by atoms with Gasteiger partial charge in [0.25, 0.3) is 0 Å². The van der Waals surface area contributed by atoms with Gasteiger partial charge < -0.3 is 20.3 Å². The van der Waals surface area contributed by atoms with Gasteiger partial charge in [-0.25, -0.2) is 4.79 Å². The van der Waals surface area contributed by atoms with Crippen LogP contribution in [0.25, 0.3) is 0 Å². The summed E-state index contributed by atoms with van der Waals surface area (Å²) in [4.78, 5) is 44.4. The summed E-state index contributed by atoms with van der Waals surface area (Å²) in [7, 11) is 0. The summed E-state index contributed by atoms with van der Waals surface area (Å²) in [6.07, 6.45) is 16.6. The van der Waals surface area contributed by atoms with Crippen LogP contribution in [0, 0.1) is 0 Å². The monoisotopic (exact) mass is 441 g/mol. The summed E-state index contributed by atoms with van der Waals surface area (Å²) in [6.45, 7) is 1.41. The fourth-order valence-electron chi connectivity index (χ4n) is 3.55. The second kappa shape index (κ2) is 20.0. The van der Waals surface area contributed by atoms with Crippen LogP contribution in [0.2, 0.25) is 0 Å². The first-order chi connectivity index (χ1) is 14.8. The van der Waals surface area contributed by atoms with Crippen LogP contribution in [0.5, 0.6) is 0 Å². The molecule has 0 aliphatic rings. The van der Waals surface area contributed by atoms with Crippen LogP contribution < -0.4 is 5.32 Å². The summed E-state index contributed by atoms with van der Waals surface area (Å²) >= 11 is 0. The first kappa shape index (κ1) is 29.1. The molecule has 0 spiro atoms. The van der Waals surface area contributed by atoms with Gasteiger partial charge in [-0.15, -0.1) is 0 Å². The Kier molecular flexibility index (Phi) is 18.8. The maximum atomic E-state index is 11.9. The van der Waals surface area contributed by atoms with Crippen LogP contribution in [-0.4, -0.2) is 39.9 Å². The lowest BCUT2D eigenvalue weighted by Crippen LogP contribution is -2.40. The maximum Gasteiger partial charge on any atom is 0.326 e. The normalized spacial score (nSPS) is 11.8. The second-order valence-electron chi connectivity index (χ2n) is 8.54. The van der Waals surface area contributed by atoms with Gasteiger partial charge in [0, 0.05) is 19.3 Å². The minimum atomic E-state index is -1.09. The predicted molar refractivity (Wildman–Crippen MR) is 121 cm³/mol. The summed E-state index contributed by atoms with van der Waals surface area (Å²) < 4.78 is 0. The average molecular weight is 442 g/mol. The highest BCUT2D eigenvalue weighted by Crippen LogP contribution is 2.14. The third-order valence-electron chi connectivity index (χ3n) is 5.46. The lowest BCUT2D eigenvalue weighted by molar-refractivity contribution is -0.142. The second-order valence-corrected chi connectivity index (χ2v) is 8.54. The van der Waals surface area contributed by atoms with Gasteiger partial charge in [0.1, 0.15) is 11.8 Å². The van der Waals surface area contributed by atoms with Gasteiger partial charge in [-0.1, -0.05) is 77.0 Å². The third-order valence-corrected chi connectivity index (χ3v) is 5.46. The first-order valence-electron chi connectivity index (χ1n) is 12.1. The number of carbonyl (C=O) groups excluding carboxylic acids is 2. The van der Waals surface area contributed by atoms with E-state index in [1.165, 1.54) is 58.3 Å². The Balaban J connectivity index is 3.43. The number of amides is 1. The highest BCUT2D eigenvalue weighted by molar-refractivity contribution is 5.84. The van der Waals surface area contributed by atoms with Crippen molar-refractivity contribution < 1.29 is 29.4 Å². The van der Waals surface area contributed by atoms with E-state index in [1.54, 1.807) is 0 Å². The first-order valence-corrected chi connectivity index (χ1v) is 12.1. The smallest absolute Gasteiger partial charge is 0.326 e. The molecule has 31 heavy (non-hydrogen) atoms. The molecule has 180 valence electrons. The number of rotatable bonds is 22. The third kappa shape index (κ3) is 21.1. The Morgan fingerprint density at radius 1 is 0.613 bits per heavy atom. The standard InChI is InChI=1S/C24H43NO6/c1-20(26)18-19-21(24(30)31)25-22(27)16-14-12-10-8-6-4-2-3-5-7-9-11-13-15-17-23(28)29/h21H,2-19H2,1H3,(H,25,27)(H,28,29)(H,30,31)/t21-/m0/s1. The number of carbonyl (C=O) groups is 4. The molecule has 0 fully saturated rings. The zero-order chi connectivity index (χ0) is 23.3. The molecule has 0 saturated carbocycles. The molecule has 0 bridgehead atoms. The minimum absolute atomic E-state index is 0.0783. The number of aliphatic carboxylic acids is 2. The van der Waals surface area contributed by atoms with E-state index in [9.17, 15) is 19.2 Å². The van der Waals surface area contributed by atoms with Gasteiger partial charge in [0.15, 0.2) is 0 Å². The summed E-state index contributed by atoms with van der Waals surface area (Å²) in [5.41, 5.74) is 0. The van der Waals surface area contributed by atoms with Crippen molar-refractivity contribution in [1.29, 1.82) is 0 Å². The lowest BCUT2D eigenvalue weighted by Gasteiger charge is -2.13. The van der Waals surface area contributed by atoms with E-state index < -0.39 is 18.0 Å². The summed E-state index contributed by atoms with van der Waals surface area (Å²) in [6, 6.07) is -0.978. The van der Waals surface area contributed by atoms with E-state index >= 15 is 0 Å². The van der Waals surface area contributed by atoms with Gasteiger partial charge in [-0.05, 0) is 26.2 Å². The van der Waals surface area contributed by atoms with Crippen molar-refractivity contribution in [1.82, 2.24) is 5.32 Å². The molecular weight excluding hydrogens is 398 g/mol. The van der Waals surface area contributed by atoms with Crippen molar-refractivity contribution in [3.05, 3.63) is 0 Å². The van der Waals surface area contributed by atoms with Crippen molar-refractivity contribution in [2.75, 3.05) is 0 Å². The summed E-state index contributed by atoms with van der Waals surface area (Å²) in [5.74, 6) is -2.12. The van der Waals surface area contributed by atoms with Crippen molar-refractivity contribution >= 4 is 23.6 Å². The molecular formula is C24H43NO6. The molecule has 7 nitrogen and oxygen atoms in total. The molecule has 0 heterocycles. The Labute approximate surface area is 187 Å². The van der Waals surface area contributed by atoms with Gasteiger partial charge in [0.2, 0.25) is 5.91 Å². The largest absolute Gasteiger partial charge is 0.481 e. The summed E-state index contributed by atoms with van der Waals surface area (Å²) in [5, 5.41) is 20.2. The zero-order valence-electron chi connectivity index (χ0n) is 19.3. The number of unbranched alkanes of at least 4 members (excludes halogenated alkanes) is 13. The topological polar surface area (TPSA) is 121 Å². The van der Waals surface area contributed by atoms with E-state index in [0.29, 0.717) is 12.8 Å².